The lowest BCUT2D eigenvalue weighted by Crippen LogP contribution is -2.75. The molecule has 70 heavy (non-hydrogen) atoms. The molecule has 420 valence electrons. The Balaban J connectivity index is 8.67. The fourth-order valence-corrected chi connectivity index (χ4v) is 7.90. The number of hydrogen-bond acceptors (Lipinski definition) is 19. The van der Waals surface area contributed by atoms with E-state index < -0.39 is 28.6 Å². The summed E-state index contributed by atoms with van der Waals surface area (Å²) >= 11 is 0. The molecule has 0 spiro atoms. The van der Waals surface area contributed by atoms with E-state index in [0.29, 0.717) is 105 Å². The summed E-state index contributed by atoms with van der Waals surface area (Å²) in [4.78, 5) is 17.3. The number of hydrogen-bond donors (Lipinski definition) is 0. The summed E-state index contributed by atoms with van der Waals surface area (Å²) in [5.41, 5.74) is -2.93. The number of carbonyl (C=O) groups excluding carboxylic acids is 1. The zero-order chi connectivity index (χ0) is 51.8. The van der Waals surface area contributed by atoms with Crippen LogP contribution in [0.1, 0.15) is 105 Å². The largest absolute Gasteiger partial charge is 0.382 e. The first-order chi connectivity index (χ1) is 34.3. The molecule has 0 radical (unpaired) electrons. The summed E-state index contributed by atoms with van der Waals surface area (Å²) in [5, 5.41) is 0. The Morgan fingerprint density at radius 3 is 0.729 bits per heavy atom. The average molecular weight is 1020 g/mol. The molecule has 2 unspecified atom stereocenters. The molecule has 0 aliphatic heterocycles. The number of methoxy groups -OCH3 is 6. The van der Waals surface area contributed by atoms with Crippen molar-refractivity contribution in [1.29, 1.82) is 0 Å². The van der Waals surface area contributed by atoms with Crippen LogP contribution < -0.4 is 0 Å². The maximum Gasteiger partial charge on any atom is 0.265 e. The molecular weight excluding hydrogens is 917 g/mol. The van der Waals surface area contributed by atoms with Gasteiger partial charge in [0.05, 0.1) is 159 Å². The first kappa shape index (κ1) is 69.0. The zero-order valence-electron chi connectivity index (χ0n) is 45.7. The van der Waals surface area contributed by atoms with Crippen molar-refractivity contribution in [1.82, 2.24) is 0 Å². The minimum atomic E-state index is -2.24. The van der Waals surface area contributed by atoms with Gasteiger partial charge in [0, 0.05) is 42.7 Å². The Morgan fingerprint density at radius 2 is 0.514 bits per heavy atom. The van der Waals surface area contributed by atoms with Gasteiger partial charge in [0.2, 0.25) is 0 Å². The highest BCUT2D eigenvalue weighted by Crippen LogP contribution is 2.49. The normalized spacial score (nSPS) is 14.1. The third kappa shape index (κ3) is 27.5. The third-order valence-corrected chi connectivity index (χ3v) is 11.7. The molecule has 0 aliphatic carbocycles. The highest BCUT2D eigenvalue weighted by atomic mass is 16.8. The second kappa shape index (κ2) is 47.6. The van der Waals surface area contributed by atoms with E-state index in [-0.39, 0.29) is 92.1 Å². The van der Waals surface area contributed by atoms with Crippen LogP contribution in [0.4, 0.5) is 0 Å². The van der Waals surface area contributed by atoms with Crippen molar-refractivity contribution < 1.29 is 90.1 Å². The Kier molecular flexibility index (Phi) is 46.9. The van der Waals surface area contributed by atoms with E-state index in [1.165, 1.54) is 0 Å². The fourth-order valence-electron chi connectivity index (χ4n) is 7.90. The van der Waals surface area contributed by atoms with Gasteiger partial charge in [0.25, 0.3) is 17.4 Å². The first-order valence-corrected chi connectivity index (χ1v) is 26.0. The van der Waals surface area contributed by atoms with Crippen LogP contribution in [0.25, 0.3) is 0 Å². The average Bonchev–Trinajstić information content (AvgIpc) is 3.37. The Labute approximate surface area is 423 Å². The molecule has 0 aromatic rings. The number of ketones is 1. The van der Waals surface area contributed by atoms with E-state index in [9.17, 15) is 0 Å². The van der Waals surface area contributed by atoms with Gasteiger partial charge in [-0.3, -0.25) is 4.79 Å². The van der Waals surface area contributed by atoms with Crippen molar-refractivity contribution in [2.45, 2.75) is 128 Å². The molecule has 0 aliphatic rings. The van der Waals surface area contributed by atoms with Gasteiger partial charge in [-0.15, -0.1) is 0 Å². The second-order valence-corrected chi connectivity index (χ2v) is 16.6. The predicted molar refractivity (Wildman–Crippen MR) is 266 cm³/mol. The molecule has 0 aromatic heterocycles. The van der Waals surface area contributed by atoms with Gasteiger partial charge >= 0.3 is 0 Å². The standard InChI is InChI=1S/C51H102O19/c1-11-15-17-19-21-48(13-3,65-41-35-59-29-23-53-5)50(67-43-37-61-31-25-55-7,68-44-38-62-32-26-56-8)47(52)51(69-45-39-63-33-27-57-9,70-46-40-64-34-28-58-10)49(14-4,22-20-18-16-12-2)66-42-36-60-30-24-54-6/h11-46H2,1-10H3. The number of carbonyl (C=O) groups is 1. The second-order valence-electron chi connectivity index (χ2n) is 16.6. The number of unbranched alkanes of at least 4 members (excludes halogenated alkanes) is 6. The van der Waals surface area contributed by atoms with Crippen molar-refractivity contribution in [2.75, 3.05) is 201 Å². The zero-order valence-corrected chi connectivity index (χ0v) is 45.7. The van der Waals surface area contributed by atoms with Crippen LogP contribution in [0.15, 0.2) is 0 Å². The number of Topliss-reactive ketones (excluding diaryl/α,β-unsaturated/α-hetero) is 1. The lowest BCUT2D eigenvalue weighted by atomic mass is 9.73. The SMILES string of the molecule is CCCCCCC(CC)(OCCOCCOC)C(OCCOCCOC)(OCCOCCOC)C(=O)C(OCCOCCOC)(OCCOCCOC)C(CC)(CCCCCC)OCCOCCOC. The van der Waals surface area contributed by atoms with Crippen molar-refractivity contribution in [3.63, 3.8) is 0 Å². The van der Waals surface area contributed by atoms with E-state index in [2.05, 4.69) is 13.8 Å². The van der Waals surface area contributed by atoms with Crippen LogP contribution in [-0.4, -0.2) is 230 Å². The first-order valence-electron chi connectivity index (χ1n) is 26.0. The minimum Gasteiger partial charge on any atom is -0.382 e. The summed E-state index contributed by atoms with van der Waals surface area (Å²) in [6.45, 7) is 13.2. The Hall–Kier alpha value is -1.05. The van der Waals surface area contributed by atoms with E-state index in [1.54, 1.807) is 42.7 Å². The van der Waals surface area contributed by atoms with Gasteiger partial charge in [0.15, 0.2) is 0 Å². The van der Waals surface area contributed by atoms with E-state index in [4.69, 9.17) is 85.3 Å². The lowest BCUT2D eigenvalue weighted by Gasteiger charge is -2.55. The quantitative estimate of drug-likeness (QED) is 0.0491. The molecule has 0 saturated carbocycles. The van der Waals surface area contributed by atoms with Crippen LogP contribution in [0.5, 0.6) is 0 Å². The van der Waals surface area contributed by atoms with Crippen molar-refractivity contribution in [2.24, 2.45) is 0 Å². The molecule has 19 heteroatoms. The van der Waals surface area contributed by atoms with E-state index in [0.717, 1.165) is 38.5 Å². The van der Waals surface area contributed by atoms with Crippen LogP contribution in [-0.2, 0) is 90.1 Å². The summed E-state index contributed by atoms with van der Waals surface area (Å²) in [6.07, 6.45) is 8.33. The molecule has 0 aromatic carbocycles. The summed E-state index contributed by atoms with van der Waals surface area (Å²) in [6, 6.07) is 0. The third-order valence-electron chi connectivity index (χ3n) is 11.7. The fraction of sp³-hybridized carbons (Fsp3) is 0.980. The molecule has 2 atom stereocenters. The van der Waals surface area contributed by atoms with Crippen molar-refractivity contribution in [3.8, 4) is 0 Å². The minimum absolute atomic E-state index is 0.0788. The van der Waals surface area contributed by atoms with Crippen LogP contribution >= 0.6 is 0 Å². The van der Waals surface area contributed by atoms with Gasteiger partial charge < -0.3 is 85.3 Å². The molecule has 0 fully saturated rings. The highest BCUT2D eigenvalue weighted by Gasteiger charge is 2.71. The van der Waals surface area contributed by atoms with E-state index >= 15 is 4.79 Å². The maximum absolute atomic E-state index is 17.3. The van der Waals surface area contributed by atoms with Gasteiger partial charge in [-0.1, -0.05) is 79.1 Å². The van der Waals surface area contributed by atoms with Gasteiger partial charge in [-0.05, 0) is 25.7 Å². The molecule has 19 nitrogen and oxygen atoms in total. The van der Waals surface area contributed by atoms with Gasteiger partial charge in [-0.2, -0.15) is 0 Å². The van der Waals surface area contributed by atoms with E-state index in [1.807, 2.05) is 13.8 Å². The summed E-state index contributed by atoms with van der Waals surface area (Å²) < 4.78 is 110. The van der Waals surface area contributed by atoms with Crippen LogP contribution in [0, 0.1) is 0 Å². The smallest absolute Gasteiger partial charge is 0.265 e. The van der Waals surface area contributed by atoms with Gasteiger partial charge in [0.1, 0.15) is 11.2 Å². The maximum atomic E-state index is 17.3. The summed E-state index contributed by atoms with van der Waals surface area (Å²) in [7, 11) is 9.68. The number of rotatable bonds is 58. The number of ether oxygens (including phenoxy) is 18. The lowest BCUT2D eigenvalue weighted by molar-refractivity contribution is -0.364. The molecule has 0 N–H and O–H groups in total. The highest BCUT2D eigenvalue weighted by molar-refractivity contribution is 5.95. The Bertz CT molecular complexity index is 1010. The molecule has 0 rings (SSSR count). The molecule has 0 heterocycles. The summed E-state index contributed by atoms with van der Waals surface area (Å²) in [5.74, 6) is -5.16. The topological polar surface area (TPSA) is 183 Å². The van der Waals surface area contributed by atoms with Crippen molar-refractivity contribution in [3.05, 3.63) is 0 Å². The van der Waals surface area contributed by atoms with Gasteiger partial charge in [-0.25, -0.2) is 0 Å². The Morgan fingerprint density at radius 1 is 0.286 bits per heavy atom. The molecular formula is C51H102O19. The van der Waals surface area contributed by atoms with Crippen molar-refractivity contribution >= 4 is 5.78 Å². The van der Waals surface area contributed by atoms with Crippen LogP contribution in [0.3, 0.4) is 0 Å². The molecule has 0 bridgehead atoms. The van der Waals surface area contributed by atoms with Crippen LogP contribution in [0.2, 0.25) is 0 Å². The predicted octanol–water partition coefficient (Wildman–Crippen LogP) is 6.26. The molecule has 0 saturated heterocycles. The monoisotopic (exact) mass is 1020 g/mol. The molecule has 0 amide bonds.